The van der Waals surface area contributed by atoms with Gasteiger partial charge in [-0.3, -0.25) is 4.79 Å². The van der Waals surface area contributed by atoms with Gasteiger partial charge in [0.1, 0.15) is 0 Å². The number of halogens is 1. The summed E-state index contributed by atoms with van der Waals surface area (Å²) >= 11 is 1.33. The van der Waals surface area contributed by atoms with Crippen molar-refractivity contribution in [2.75, 3.05) is 0 Å². The van der Waals surface area contributed by atoms with Crippen LogP contribution in [-0.4, -0.2) is 16.5 Å². The molecule has 4 nitrogen and oxygen atoms in total. The summed E-state index contributed by atoms with van der Waals surface area (Å²) in [5, 5.41) is 8.62. The number of aromatic nitrogens is 2. The van der Waals surface area contributed by atoms with Gasteiger partial charge in [0.25, 0.3) is 5.89 Å². The lowest BCUT2D eigenvalue weighted by Gasteiger charge is -2.03. The van der Waals surface area contributed by atoms with Crippen molar-refractivity contribution in [3.05, 3.63) is 52.6 Å². The van der Waals surface area contributed by atoms with Crippen LogP contribution in [0.1, 0.15) is 53.5 Å². The van der Waals surface area contributed by atoms with Crippen LogP contribution < -0.4 is 0 Å². The molecule has 2 aromatic heterocycles. The SMILES string of the molecule is CC/C=C(\C)c1nnc(C(F)c2ccc3cc(C=O)sc3c2)o1. The average molecular weight is 330 g/mol. The number of aldehydes is 1. The number of fused-ring (bicyclic) bond motifs is 1. The lowest BCUT2D eigenvalue weighted by molar-refractivity contribution is 0.112. The van der Waals surface area contributed by atoms with Crippen molar-refractivity contribution in [3.63, 3.8) is 0 Å². The maximum atomic E-state index is 14.7. The Kier molecular flexibility index (Phi) is 4.34. The van der Waals surface area contributed by atoms with Crippen LogP contribution in [0.4, 0.5) is 4.39 Å². The summed E-state index contributed by atoms with van der Waals surface area (Å²) in [7, 11) is 0. The third kappa shape index (κ3) is 3.07. The van der Waals surface area contributed by atoms with Crippen LogP contribution >= 0.6 is 11.3 Å². The van der Waals surface area contributed by atoms with Crippen LogP contribution in [0.3, 0.4) is 0 Å². The van der Waals surface area contributed by atoms with Gasteiger partial charge in [0.15, 0.2) is 6.29 Å². The first-order chi connectivity index (χ1) is 11.1. The quantitative estimate of drug-likeness (QED) is 0.620. The van der Waals surface area contributed by atoms with Gasteiger partial charge in [-0.2, -0.15) is 0 Å². The molecule has 0 aliphatic carbocycles. The molecule has 0 spiro atoms. The minimum Gasteiger partial charge on any atom is -0.417 e. The third-order valence-corrected chi connectivity index (χ3v) is 4.50. The van der Waals surface area contributed by atoms with Crippen LogP contribution in [-0.2, 0) is 0 Å². The molecule has 0 aliphatic heterocycles. The van der Waals surface area contributed by atoms with Gasteiger partial charge in [-0.25, -0.2) is 4.39 Å². The Balaban J connectivity index is 1.92. The highest BCUT2D eigenvalue weighted by Crippen LogP contribution is 2.32. The van der Waals surface area contributed by atoms with Gasteiger partial charge in [0.05, 0.1) is 4.88 Å². The second-order valence-electron chi connectivity index (χ2n) is 5.17. The highest BCUT2D eigenvalue weighted by atomic mass is 32.1. The summed E-state index contributed by atoms with van der Waals surface area (Å²) in [6.07, 6.45) is 2.10. The fourth-order valence-electron chi connectivity index (χ4n) is 2.32. The van der Waals surface area contributed by atoms with E-state index in [0.717, 1.165) is 28.4 Å². The molecule has 0 fully saturated rings. The highest BCUT2D eigenvalue weighted by molar-refractivity contribution is 7.20. The van der Waals surface area contributed by atoms with E-state index >= 15 is 0 Å². The Labute approximate surface area is 136 Å². The van der Waals surface area contributed by atoms with Crippen molar-refractivity contribution >= 4 is 33.3 Å². The largest absolute Gasteiger partial charge is 0.417 e. The number of hydrogen-bond acceptors (Lipinski definition) is 5. The number of benzene rings is 1. The summed E-state index contributed by atoms with van der Waals surface area (Å²) in [5.74, 6) is 0.278. The maximum Gasteiger partial charge on any atom is 0.255 e. The van der Waals surface area contributed by atoms with Crippen molar-refractivity contribution in [3.8, 4) is 0 Å². The molecule has 0 saturated heterocycles. The minimum absolute atomic E-state index is 0.0598. The van der Waals surface area contributed by atoms with E-state index < -0.39 is 6.17 Å². The van der Waals surface area contributed by atoms with E-state index in [0.29, 0.717) is 16.3 Å². The van der Waals surface area contributed by atoms with Crippen LogP contribution in [0.2, 0.25) is 0 Å². The van der Waals surface area contributed by atoms with Crippen molar-refractivity contribution in [1.29, 1.82) is 0 Å². The van der Waals surface area contributed by atoms with Crippen molar-refractivity contribution in [1.82, 2.24) is 10.2 Å². The van der Waals surface area contributed by atoms with E-state index in [2.05, 4.69) is 10.2 Å². The summed E-state index contributed by atoms with van der Waals surface area (Å²) < 4.78 is 21.0. The molecular formula is C17H15FN2O2S. The molecule has 0 saturated carbocycles. The smallest absolute Gasteiger partial charge is 0.255 e. The van der Waals surface area contributed by atoms with Gasteiger partial charge in [0.2, 0.25) is 12.1 Å². The molecule has 3 rings (SSSR count). The van der Waals surface area contributed by atoms with Gasteiger partial charge in [0, 0.05) is 10.3 Å². The molecule has 1 atom stereocenters. The Morgan fingerprint density at radius 3 is 2.96 bits per heavy atom. The number of carbonyl (C=O) groups excluding carboxylic acids is 1. The molecule has 0 radical (unpaired) electrons. The molecule has 2 heterocycles. The van der Waals surface area contributed by atoms with E-state index in [1.54, 1.807) is 24.3 Å². The summed E-state index contributed by atoms with van der Waals surface area (Å²) in [4.78, 5) is 11.5. The van der Waals surface area contributed by atoms with Crippen molar-refractivity contribution in [2.45, 2.75) is 26.4 Å². The van der Waals surface area contributed by atoms with Crippen molar-refractivity contribution < 1.29 is 13.6 Å². The van der Waals surface area contributed by atoms with Gasteiger partial charge >= 0.3 is 0 Å². The van der Waals surface area contributed by atoms with Gasteiger partial charge in [-0.05, 0) is 36.4 Å². The number of carbonyl (C=O) groups is 1. The normalized spacial score (nSPS) is 13.4. The Hall–Kier alpha value is -2.34. The van der Waals surface area contributed by atoms with Crippen molar-refractivity contribution in [2.24, 2.45) is 0 Å². The van der Waals surface area contributed by atoms with Crippen LogP contribution in [0.25, 0.3) is 15.7 Å². The van der Waals surface area contributed by atoms with Gasteiger partial charge in [-0.1, -0.05) is 25.1 Å². The number of rotatable bonds is 5. The first-order valence-corrected chi connectivity index (χ1v) is 8.07. The summed E-state index contributed by atoms with van der Waals surface area (Å²) in [6.45, 7) is 3.86. The summed E-state index contributed by atoms with van der Waals surface area (Å²) in [6, 6.07) is 6.97. The maximum absolute atomic E-state index is 14.7. The zero-order valence-electron chi connectivity index (χ0n) is 12.7. The molecule has 3 aromatic rings. The fraction of sp³-hybridized carbons (Fsp3) is 0.235. The minimum atomic E-state index is -1.49. The monoisotopic (exact) mass is 330 g/mol. The Morgan fingerprint density at radius 2 is 2.22 bits per heavy atom. The van der Waals surface area contributed by atoms with E-state index in [1.165, 1.54) is 11.3 Å². The molecule has 0 aliphatic rings. The molecule has 6 heteroatoms. The van der Waals surface area contributed by atoms with E-state index in [4.69, 9.17) is 4.42 Å². The Morgan fingerprint density at radius 1 is 1.39 bits per heavy atom. The topological polar surface area (TPSA) is 56.0 Å². The second kappa shape index (κ2) is 6.42. The molecule has 1 aromatic carbocycles. The number of allylic oxidation sites excluding steroid dienone is 2. The third-order valence-electron chi connectivity index (χ3n) is 3.48. The molecular weight excluding hydrogens is 315 g/mol. The standard InChI is InChI=1S/C17H15FN2O2S/c1-3-4-10(2)16-19-20-17(22-16)15(18)12-6-5-11-7-13(9-21)23-14(11)8-12/h4-9,15H,3H2,1-2H3/b10-4+. The molecule has 0 N–H and O–H groups in total. The zero-order chi connectivity index (χ0) is 16.4. The number of nitrogens with zero attached hydrogens (tertiary/aromatic N) is 2. The predicted molar refractivity (Wildman–Crippen MR) is 88.4 cm³/mol. The summed E-state index contributed by atoms with van der Waals surface area (Å²) in [5.41, 5.74) is 1.27. The van der Waals surface area contributed by atoms with Crippen LogP contribution in [0.5, 0.6) is 0 Å². The first kappa shape index (κ1) is 15.6. The first-order valence-electron chi connectivity index (χ1n) is 7.25. The van der Waals surface area contributed by atoms with E-state index in [9.17, 15) is 9.18 Å². The molecule has 1 unspecified atom stereocenters. The number of thiophene rings is 1. The molecule has 0 bridgehead atoms. The lowest BCUT2D eigenvalue weighted by atomic mass is 10.1. The van der Waals surface area contributed by atoms with E-state index in [1.807, 2.05) is 19.9 Å². The lowest BCUT2D eigenvalue weighted by Crippen LogP contribution is -1.94. The number of hydrogen-bond donors (Lipinski definition) is 0. The zero-order valence-corrected chi connectivity index (χ0v) is 13.6. The fourth-order valence-corrected chi connectivity index (χ4v) is 3.24. The number of alkyl halides is 1. The van der Waals surface area contributed by atoms with Crippen LogP contribution in [0.15, 0.2) is 34.8 Å². The highest BCUT2D eigenvalue weighted by Gasteiger charge is 2.21. The predicted octanol–water partition coefficient (Wildman–Crippen LogP) is 4.97. The van der Waals surface area contributed by atoms with Gasteiger partial charge in [-0.15, -0.1) is 21.5 Å². The molecule has 0 amide bonds. The van der Waals surface area contributed by atoms with Gasteiger partial charge < -0.3 is 4.42 Å². The average Bonchev–Trinajstić information content (AvgIpc) is 3.20. The molecule has 118 valence electrons. The molecule has 23 heavy (non-hydrogen) atoms. The Bertz CT molecular complexity index is 882. The van der Waals surface area contributed by atoms with Crippen LogP contribution in [0, 0.1) is 0 Å². The second-order valence-corrected chi connectivity index (χ2v) is 6.28. The van der Waals surface area contributed by atoms with E-state index in [-0.39, 0.29) is 5.89 Å².